The molecule has 8 heteroatoms. The monoisotopic (exact) mass is 457 g/mol. The van der Waals surface area contributed by atoms with E-state index >= 15 is 0 Å². The predicted octanol–water partition coefficient (Wildman–Crippen LogP) is 3.37. The number of benzene rings is 2. The molecule has 1 aliphatic heterocycles. The lowest BCUT2D eigenvalue weighted by Gasteiger charge is -2.34. The Labute approximate surface area is 190 Å². The molecule has 3 rings (SSSR count). The van der Waals surface area contributed by atoms with Crippen LogP contribution in [0.2, 0.25) is 0 Å². The van der Waals surface area contributed by atoms with E-state index in [0.717, 1.165) is 12.0 Å². The fourth-order valence-electron chi connectivity index (χ4n) is 4.07. The number of anilines is 1. The molecule has 2 amide bonds. The van der Waals surface area contributed by atoms with Crippen molar-refractivity contribution in [2.75, 3.05) is 32.0 Å². The van der Waals surface area contributed by atoms with Crippen LogP contribution in [-0.2, 0) is 14.8 Å². The summed E-state index contributed by atoms with van der Waals surface area (Å²) in [5, 5.41) is 2.76. The number of hydrogen-bond donors (Lipinski definition) is 1. The first-order valence-corrected chi connectivity index (χ1v) is 12.2. The molecule has 0 aromatic heterocycles. The van der Waals surface area contributed by atoms with Gasteiger partial charge in [0.15, 0.2) is 0 Å². The number of hydrogen-bond acceptors (Lipinski definition) is 4. The van der Waals surface area contributed by atoms with E-state index in [1.165, 1.54) is 40.5 Å². The summed E-state index contributed by atoms with van der Waals surface area (Å²) >= 11 is 0. The van der Waals surface area contributed by atoms with Crippen LogP contribution in [0.5, 0.6) is 0 Å². The highest BCUT2D eigenvalue weighted by molar-refractivity contribution is 7.89. The normalized spacial score (nSPS) is 19.4. The van der Waals surface area contributed by atoms with Crippen LogP contribution in [0.1, 0.15) is 36.2 Å². The van der Waals surface area contributed by atoms with Crippen LogP contribution in [0.3, 0.4) is 0 Å². The van der Waals surface area contributed by atoms with Crippen molar-refractivity contribution in [3.63, 3.8) is 0 Å². The Morgan fingerprint density at radius 1 is 1.00 bits per heavy atom. The molecular formula is C24H31N3O4S. The molecule has 0 bridgehead atoms. The summed E-state index contributed by atoms with van der Waals surface area (Å²) in [6.45, 7) is 6.98. The minimum Gasteiger partial charge on any atom is -0.332 e. The van der Waals surface area contributed by atoms with Gasteiger partial charge in [0.1, 0.15) is 0 Å². The van der Waals surface area contributed by atoms with Gasteiger partial charge in [-0.15, -0.1) is 0 Å². The molecule has 1 N–H and O–H groups in total. The average Bonchev–Trinajstić information content (AvgIpc) is 2.74. The van der Waals surface area contributed by atoms with E-state index in [2.05, 4.69) is 19.2 Å². The maximum atomic E-state index is 13.0. The highest BCUT2D eigenvalue weighted by Gasteiger charge is 2.31. The number of rotatable bonds is 6. The molecule has 2 atom stereocenters. The van der Waals surface area contributed by atoms with Crippen molar-refractivity contribution < 1.29 is 18.0 Å². The minimum absolute atomic E-state index is 0.115. The Morgan fingerprint density at radius 3 is 2.12 bits per heavy atom. The van der Waals surface area contributed by atoms with Crippen molar-refractivity contribution in [2.45, 2.75) is 32.1 Å². The van der Waals surface area contributed by atoms with Gasteiger partial charge in [-0.1, -0.05) is 31.5 Å². The first kappa shape index (κ1) is 23.9. The number of carbonyl (C=O) groups is 2. The SMILES string of the molecule is Cc1ccc(NC(=O)CN(C)C(=O)c2ccc(S(=O)(=O)N3C[C@H](C)C[C@@H](C)C3)cc2)cc1. The van der Waals surface area contributed by atoms with Gasteiger partial charge in [0.2, 0.25) is 15.9 Å². The summed E-state index contributed by atoms with van der Waals surface area (Å²) < 4.78 is 27.6. The summed E-state index contributed by atoms with van der Waals surface area (Å²) in [6.07, 6.45) is 1.02. The van der Waals surface area contributed by atoms with E-state index in [1.54, 1.807) is 12.1 Å². The predicted molar refractivity (Wildman–Crippen MR) is 125 cm³/mol. The molecule has 0 unspecified atom stereocenters. The zero-order valence-electron chi connectivity index (χ0n) is 19.0. The van der Waals surface area contributed by atoms with Crippen molar-refractivity contribution in [3.8, 4) is 0 Å². The average molecular weight is 458 g/mol. The number of carbonyl (C=O) groups excluding carboxylic acids is 2. The van der Waals surface area contributed by atoms with Crippen LogP contribution in [0.15, 0.2) is 53.4 Å². The maximum absolute atomic E-state index is 13.0. The zero-order chi connectivity index (χ0) is 23.5. The number of amides is 2. The number of piperidine rings is 1. The van der Waals surface area contributed by atoms with E-state index in [1.807, 2.05) is 19.1 Å². The van der Waals surface area contributed by atoms with Gasteiger partial charge in [-0.25, -0.2) is 8.42 Å². The van der Waals surface area contributed by atoms with Crippen molar-refractivity contribution in [1.29, 1.82) is 0 Å². The third-order valence-corrected chi connectivity index (χ3v) is 7.48. The summed E-state index contributed by atoms with van der Waals surface area (Å²) in [6, 6.07) is 13.3. The second-order valence-electron chi connectivity index (χ2n) is 8.87. The summed E-state index contributed by atoms with van der Waals surface area (Å²) in [7, 11) is -2.06. The molecule has 1 saturated heterocycles. The highest BCUT2D eigenvalue weighted by Crippen LogP contribution is 2.26. The van der Waals surface area contributed by atoms with Gasteiger partial charge in [0, 0.05) is 31.4 Å². The lowest BCUT2D eigenvalue weighted by atomic mass is 9.94. The van der Waals surface area contributed by atoms with Gasteiger partial charge in [-0.05, 0) is 61.6 Å². The standard InChI is InChI=1S/C24H31N3O4S/c1-17-5-9-21(10-6-17)25-23(28)16-26(4)24(29)20-7-11-22(12-8-20)32(30,31)27-14-18(2)13-19(3)15-27/h5-12,18-19H,13-16H2,1-4H3,(H,25,28)/t18-,19-/m1/s1. The van der Waals surface area contributed by atoms with E-state index in [-0.39, 0.29) is 23.3 Å². The van der Waals surface area contributed by atoms with Crippen LogP contribution >= 0.6 is 0 Å². The second-order valence-corrected chi connectivity index (χ2v) is 10.8. The fourth-order valence-corrected chi connectivity index (χ4v) is 5.75. The van der Waals surface area contributed by atoms with Gasteiger partial charge < -0.3 is 10.2 Å². The Bertz CT molecular complexity index is 1060. The van der Waals surface area contributed by atoms with Gasteiger partial charge in [-0.3, -0.25) is 9.59 Å². The summed E-state index contributed by atoms with van der Waals surface area (Å²) in [5.41, 5.74) is 2.08. The summed E-state index contributed by atoms with van der Waals surface area (Å²) in [5.74, 6) is -0.0337. The molecule has 7 nitrogen and oxygen atoms in total. The van der Waals surface area contributed by atoms with E-state index in [0.29, 0.717) is 36.2 Å². The van der Waals surface area contributed by atoms with Crippen LogP contribution in [0, 0.1) is 18.8 Å². The molecule has 1 aliphatic rings. The molecule has 2 aromatic rings. The lowest BCUT2D eigenvalue weighted by Crippen LogP contribution is -2.42. The van der Waals surface area contributed by atoms with Crippen molar-refractivity contribution in [2.24, 2.45) is 11.8 Å². The molecule has 0 spiro atoms. The van der Waals surface area contributed by atoms with Crippen molar-refractivity contribution >= 4 is 27.5 Å². The number of sulfonamides is 1. The third kappa shape index (κ3) is 5.75. The molecule has 1 heterocycles. The first-order valence-electron chi connectivity index (χ1n) is 10.8. The quantitative estimate of drug-likeness (QED) is 0.721. The molecule has 32 heavy (non-hydrogen) atoms. The Kier molecular flexibility index (Phi) is 7.36. The first-order chi connectivity index (χ1) is 15.1. The Morgan fingerprint density at radius 2 is 1.56 bits per heavy atom. The number of nitrogens with one attached hydrogen (secondary N) is 1. The lowest BCUT2D eigenvalue weighted by molar-refractivity contribution is -0.116. The Balaban J connectivity index is 1.63. The molecule has 2 aromatic carbocycles. The minimum atomic E-state index is -3.60. The smallest absolute Gasteiger partial charge is 0.254 e. The third-order valence-electron chi connectivity index (χ3n) is 5.64. The summed E-state index contributed by atoms with van der Waals surface area (Å²) in [4.78, 5) is 26.5. The molecular weight excluding hydrogens is 426 g/mol. The number of likely N-dealkylation sites (N-methyl/N-ethyl adjacent to an activating group) is 1. The highest BCUT2D eigenvalue weighted by atomic mass is 32.2. The molecule has 1 fully saturated rings. The largest absolute Gasteiger partial charge is 0.332 e. The van der Waals surface area contributed by atoms with Crippen LogP contribution in [0.25, 0.3) is 0 Å². The number of nitrogens with zero attached hydrogens (tertiary/aromatic N) is 2. The second kappa shape index (κ2) is 9.83. The van der Waals surface area contributed by atoms with Crippen molar-refractivity contribution in [3.05, 3.63) is 59.7 Å². The molecule has 172 valence electrons. The molecule has 0 aliphatic carbocycles. The zero-order valence-corrected chi connectivity index (χ0v) is 19.9. The maximum Gasteiger partial charge on any atom is 0.254 e. The van der Waals surface area contributed by atoms with Gasteiger partial charge in [-0.2, -0.15) is 4.31 Å². The Hall–Kier alpha value is -2.71. The van der Waals surface area contributed by atoms with Crippen LogP contribution in [-0.4, -0.2) is 56.1 Å². The van der Waals surface area contributed by atoms with Gasteiger partial charge >= 0.3 is 0 Å². The van der Waals surface area contributed by atoms with Gasteiger partial charge in [0.05, 0.1) is 11.4 Å². The number of aryl methyl sites for hydroxylation is 1. The molecule has 0 saturated carbocycles. The van der Waals surface area contributed by atoms with Crippen molar-refractivity contribution in [1.82, 2.24) is 9.21 Å². The van der Waals surface area contributed by atoms with E-state index in [4.69, 9.17) is 0 Å². The van der Waals surface area contributed by atoms with E-state index < -0.39 is 10.0 Å². The van der Waals surface area contributed by atoms with Crippen LogP contribution in [0.4, 0.5) is 5.69 Å². The molecule has 0 radical (unpaired) electrons. The van der Waals surface area contributed by atoms with Gasteiger partial charge in [0.25, 0.3) is 5.91 Å². The van der Waals surface area contributed by atoms with Crippen LogP contribution < -0.4 is 5.32 Å². The van der Waals surface area contributed by atoms with E-state index in [9.17, 15) is 18.0 Å². The topological polar surface area (TPSA) is 86.8 Å². The fraction of sp³-hybridized carbons (Fsp3) is 0.417.